The van der Waals surface area contributed by atoms with Crippen molar-refractivity contribution >= 4 is 5.97 Å². The van der Waals surface area contributed by atoms with E-state index in [9.17, 15) is 31.1 Å². The van der Waals surface area contributed by atoms with E-state index in [0.29, 0.717) is 32.6 Å². The van der Waals surface area contributed by atoms with Gasteiger partial charge < -0.3 is 14.2 Å². The predicted molar refractivity (Wildman–Crippen MR) is 104 cm³/mol. The summed E-state index contributed by atoms with van der Waals surface area (Å²) in [5.74, 6) is -1.44. The average Bonchev–Trinajstić information content (AvgIpc) is 3.09. The molecule has 0 aromatic rings. The molecule has 2 saturated carbocycles. The summed E-state index contributed by atoms with van der Waals surface area (Å²) < 4.78 is 99.9. The minimum atomic E-state index is -5.95. The molecule has 2 fully saturated rings. The van der Waals surface area contributed by atoms with Gasteiger partial charge in [-0.2, -0.15) is 26.3 Å². The first-order chi connectivity index (χ1) is 14.3. The molecule has 2 aliphatic rings. The molecule has 32 heavy (non-hydrogen) atoms. The fourth-order valence-electron chi connectivity index (χ4n) is 5.76. The van der Waals surface area contributed by atoms with E-state index in [-0.39, 0.29) is 17.8 Å². The molecule has 6 atom stereocenters. The van der Waals surface area contributed by atoms with E-state index in [1.54, 1.807) is 6.92 Å². The van der Waals surface area contributed by atoms with Crippen LogP contribution in [0.3, 0.4) is 0 Å². The maximum absolute atomic E-state index is 14.2. The van der Waals surface area contributed by atoms with E-state index >= 15 is 0 Å². The molecule has 0 spiro atoms. The number of hydrogen-bond donors (Lipinski definition) is 0. The molecule has 0 amide bonds. The number of alkyl halides is 6. The van der Waals surface area contributed by atoms with E-state index in [0.717, 1.165) is 7.11 Å². The van der Waals surface area contributed by atoms with Gasteiger partial charge >= 0.3 is 23.9 Å². The quantitative estimate of drug-likeness (QED) is 0.252. The number of halogens is 6. The first-order valence-corrected chi connectivity index (χ1v) is 10.8. The van der Waals surface area contributed by atoms with Crippen molar-refractivity contribution in [2.24, 2.45) is 35.0 Å². The molecular weight excluding hydrogens is 442 g/mol. The molecule has 0 N–H and O–H groups in total. The van der Waals surface area contributed by atoms with Crippen molar-refractivity contribution < 1.29 is 45.3 Å². The average molecular weight is 476 g/mol. The first-order valence-electron chi connectivity index (χ1n) is 10.8. The summed E-state index contributed by atoms with van der Waals surface area (Å²) in [7, 11) is 0.958. The summed E-state index contributed by atoms with van der Waals surface area (Å²) in [4.78, 5) is 13.2. The smallest absolute Gasteiger partial charge is 0.430 e. The van der Waals surface area contributed by atoms with Crippen molar-refractivity contribution in [2.45, 2.75) is 91.2 Å². The predicted octanol–water partition coefficient (Wildman–Crippen LogP) is 6.14. The number of carbonyl (C=O) groups excluding carboxylic acids is 1. The lowest BCUT2D eigenvalue weighted by atomic mass is 9.66. The van der Waals surface area contributed by atoms with Gasteiger partial charge in [-0.1, -0.05) is 27.7 Å². The number of fused-ring (bicyclic) bond motifs is 2. The van der Waals surface area contributed by atoms with Crippen LogP contribution in [0.5, 0.6) is 0 Å². The summed E-state index contributed by atoms with van der Waals surface area (Å²) in [6, 6.07) is 0. The molecule has 2 bridgehead atoms. The van der Waals surface area contributed by atoms with Crippen LogP contribution in [0.4, 0.5) is 26.3 Å². The Morgan fingerprint density at radius 1 is 1.00 bits per heavy atom. The molecular formula is C22H34F6O4. The molecule has 0 aromatic carbocycles. The number of esters is 1. The Kier molecular flexibility index (Phi) is 7.08. The van der Waals surface area contributed by atoms with Gasteiger partial charge in [-0.15, -0.1) is 0 Å². The van der Waals surface area contributed by atoms with Crippen molar-refractivity contribution in [3.63, 3.8) is 0 Å². The van der Waals surface area contributed by atoms with Gasteiger partial charge in [-0.05, 0) is 57.3 Å². The highest BCUT2D eigenvalue weighted by Gasteiger charge is 2.81. The lowest BCUT2D eigenvalue weighted by molar-refractivity contribution is -0.445. The van der Waals surface area contributed by atoms with Gasteiger partial charge in [0.2, 0.25) is 0 Å². The molecule has 0 aromatic heterocycles. The van der Waals surface area contributed by atoms with E-state index in [1.165, 1.54) is 13.8 Å². The zero-order valence-corrected chi connectivity index (χ0v) is 19.8. The van der Waals surface area contributed by atoms with Crippen LogP contribution in [0, 0.1) is 35.0 Å². The van der Waals surface area contributed by atoms with Gasteiger partial charge in [-0.25, -0.2) is 0 Å². The lowest BCUT2D eigenvalue weighted by Gasteiger charge is -2.49. The Morgan fingerprint density at radius 2 is 1.50 bits per heavy atom. The molecule has 4 nitrogen and oxygen atoms in total. The van der Waals surface area contributed by atoms with Crippen LogP contribution in [0.25, 0.3) is 0 Å². The zero-order valence-electron chi connectivity index (χ0n) is 19.8. The Balaban J connectivity index is 2.50. The minimum Gasteiger partial charge on any atom is -0.455 e. The second-order valence-corrected chi connectivity index (χ2v) is 10.5. The molecule has 0 saturated heterocycles. The second kappa shape index (κ2) is 8.32. The van der Waals surface area contributed by atoms with Crippen LogP contribution in [0.15, 0.2) is 0 Å². The largest absolute Gasteiger partial charge is 0.455 e. The standard InChI is InChI=1S/C22H34F6O4/c1-11(2)16(30-8)31-20(21(23,24)25,22(26,27)28)18(5,6)32-17(29)19(7)10-14-9-15(19)13(4)12(14)3/h11-16H,9-10H2,1-8H3. The Bertz CT molecular complexity index is 686. The zero-order chi connectivity index (χ0) is 25.1. The molecule has 6 unspecified atom stereocenters. The van der Waals surface area contributed by atoms with Gasteiger partial charge in [0.1, 0.15) is 0 Å². The Labute approximate surface area is 185 Å². The molecule has 188 valence electrons. The third-order valence-corrected chi connectivity index (χ3v) is 7.80. The lowest BCUT2D eigenvalue weighted by Crippen LogP contribution is -2.72. The van der Waals surface area contributed by atoms with Crippen molar-refractivity contribution in [1.29, 1.82) is 0 Å². The molecule has 0 radical (unpaired) electrons. The van der Waals surface area contributed by atoms with E-state index in [1.807, 2.05) is 13.8 Å². The normalized spacial score (nSPS) is 32.5. The SMILES string of the molecule is COC(OC(C(F)(F)F)(C(F)(F)F)C(C)(C)OC(=O)C1(C)CC2CC1C(C)C2C)C(C)C. The highest BCUT2D eigenvalue weighted by atomic mass is 19.4. The van der Waals surface area contributed by atoms with Crippen LogP contribution < -0.4 is 0 Å². The highest BCUT2D eigenvalue weighted by molar-refractivity contribution is 5.78. The Hall–Kier alpha value is -1.03. The molecule has 2 rings (SSSR count). The van der Waals surface area contributed by atoms with Crippen molar-refractivity contribution in [3.8, 4) is 0 Å². The van der Waals surface area contributed by atoms with Crippen molar-refractivity contribution in [2.75, 3.05) is 7.11 Å². The first kappa shape index (κ1) is 27.2. The third-order valence-electron chi connectivity index (χ3n) is 7.80. The van der Waals surface area contributed by atoms with Crippen LogP contribution in [-0.4, -0.2) is 42.9 Å². The van der Waals surface area contributed by atoms with Crippen LogP contribution in [-0.2, 0) is 19.0 Å². The van der Waals surface area contributed by atoms with Gasteiger partial charge in [0.25, 0.3) is 0 Å². The summed E-state index contributed by atoms with van der Waals surface area (Å²) in [6.07, 6.45) is -12.7. The monoisotopic (exact) mass is 476 g/mol. The van der Waals surface area contributed by atoms with Crippen LogP contribution >= 0.6 is 0 Å². The van der Waals surface area contributed by atoms with Crippen LogP contribution in [0.1, 0.15) is 61.3 Å². The van der Waals surface area contributed by atoms with E-state index in [4.69, 9.17) is 9.47 Å². The number of rotatable bonds is 7. The topological polar surface area (TPSA) is 44.8 Å². The molecule has 0 heterocycles. The molecule has 10 heteroatoms. The van der Waals surface area contributed by atoms with Gasteiger partial charge in [-0.3, -0.25) is 4.79 Å². The molecule has 2 aliphatic carbocycles. The maximum atomic E-state index is 14.2. The van der Waals surface area contributed by atoms with E-state index < -0.39 is 47.1 Å². The third kappa shape index (κ3) is 4.03. The highest BCUT2D eigenvalue weighted by Crippen LogP contribution is 2.62. The molecule has 0 aliphatic heterocycles. The maximum Gasteiger partial charge on any atom is 0.430 e. The minimum absolute atomic E-state index is 0.111. The van der Waals surface area contributed by atoms with Gasteiger partial charge in [0, 0.05) is 13.0 Å². The van der Waals surface area contributed by atoms with Crippen molar-refractivity contribution in [1.82, 2.24) is 0 Å². The number of methoxy groups -OCH3 is 1. The number of ether oxygens (including phenoxy) is 3. The summed E-state index contributed by atoms with van der Waals surface area (Å²) >= 11 is 0. The summed E-state index contributed by atoms with van der Waals surface area (Å²) in [5.41, 5.74) is -9.07. The van der Waals surface area contributed by atoms with Crippen LogP contribution in [0.2, 0.25) is 0 Å². The second-order valence-electron chi connectivity index (χ2n) is 10.5. The number of hydrogen-bond acceptors (Lipinski definition) is 4. The summed E-state index contributed by atoms with van der Waals surface area (Å²) in [6.45, 7) is 9.51. The summed E-state index contributed by atoms with van der Waals surface area (Å²) in [5, 5.41) is 0. The van der Waals surface area contributed by atoms with Gasteiger partial charge in [0.15, 0.2) is 11.9 Å². The van der Waals surface area contributed by atoms with Crippen molar-refractivity contribution in [3.05, 3.63) is 0 Å². The number of carbonyl (C=O) groups is 1. The Morgan fingerprint density at radius 3 is 1.84 bits per heavy atom. The fourth-order valence-corrected chi connectivity index (χ4v) is 5.76. The van der Waals surface area contributed by atoms with Gasteiger partial charge in [0.05, 0.1) is 5.41 Å². The fraction of sp³-hybridized carbons (Fsp3) is 0.955. The van der Waals surface area contributed by atoms with E-state index in [2.05, 4.69) is 4.74 Å².